The van der Waals surface area contributed by atoms with Crippen LogP contribution in [0.2, 0.25) is 0 Å². The molecule has 0 unspecified atom stereocenters. The van der Waals surface area contributed by atoms with Gasteiger partial charge < -0.3 is 10.1 Å². The van der Waals surface area contributed by atoms with Crippen molar-refractivity contribution in [2.45, 2.75) is 38.0 Å². The molecular weight excluding hydrogens is 524 g/mol. The summed E-state index contributed by atoms with van der Waals surface area (Å²) in [5.74, 6) is 0.0710. The molecule has 0 heterocycles. The number of methoxy groups -OCH3 is 1. The monoisotopic (exact) mass is 558 g/mol. The van der Waals surface area contributed by atoms with E-state index in [9.17, 15) is 18.0 Å². The Hall–Kier alpha value is -4.17. The van der Waals surface area contributed by atoms with Crippen molar-refractivity contribution in [2.75, 3.05) is 13.7 Å². The van der Waals surface area contributed by atoms with Gasteiger partial charge in [0.2, 0.25) is 0 Å². The number of nitrogens with one attached hydrogen (secondary N) is 2. The van der Waals surface area contributed by atoms with Gasteiger partial charge in [0.1, 0.15) is 5.75 Å². The Bertz CT molecular complexity index is 1610. The molecule has 0 saturated heterocycles. The number of amides is 2. The second-order valence-corrected chi connectivity index (χ2v) is 11.4. The molecule has 0 bridgehead atoms. The largest absolute Gasteiger partial charge is 0.496 e. The lowest BCUT2D eigenvalue weighted by Crippen LogP contribution is -2.30. The third kappa shape index (κ3) is 6.69. The van der Waals surface area contributed by atoms with E-state index in [1.54, 1.807) is 30.3 Å². The van der Waals surface area contributed by atoms with Crippen LogP contribution < -0.4 is 14.8 Å². The van der Waals surface area contributed by atoms with Crippen molar-refractivity contribution in [3.8, 4) is 5.75 Å². The summed E-state index contributed by atoms with van der Waals surface area (Å²) in [6, 6.07) is 24.3. The average molecular weight is 559 g/mol. The van der Waals surface area contributed by atoms with E-state index >= 15 is 0 Å². The smallest absolute Gasteiger partial charge is 0.265 e. The second kappa shape index (κ2) is 12.8. The van der Waals surface area contributed by atoms with Crippen molar-refractivity contribution >= 4 is 32.6 Å². The third-order valence-electron chi connectivity index (χ3n) is 7.15. The Morgan fingerprint density at radius 2 is 1.50 bits per heavy atom. The number of hydrogen-bond acceptors (Lipinski definition) is 5. The Kier molecular flexibility index (Phi) is 9.22. The highest BCUT2D eigenvalue weighted by Crippen LogP contribution is 2.28. The van der Waals surface area contributed by atoms with E-state index in [-0.39, 0.29) is 16.4 Å². The van der Waals surface area contributed by atoms with Crippen molar-refractivity contribution in [1.29, 1.82) is 0 Å². The van der Waals surface area contributed by atoms with E-state index in [4.69, 9.17) is 4.74 Å². The van der Waals surface area contributed by atoms with Gasteiger partial charge in [-0.05, 0) is 64.2 Å². The van der Waals surface area contributed by atoms with Gasteiger partial charge in [-0.2, -0.15) is 0 Å². The first-order valence-electron chi connectivity index (χ1n) is 13.3. The standard InChI is InChI=1S/C32H34N2O5S/c1-4-22(5-2)21-33-31(35)26-16-14-23-10-9-11-24(29(23)19-26)18-25-15-17-27(20-30(25)39-3)32(36)34-40(37,38)28-12-7-6-8-13-28/h6-17,19-20,22H,4-5,18,21H2,1-3H3,(H,33,35)(H,34,36). The molecule has 0 saturated carbocycles. The Morgan fingerprint density at radius 1 is 0.800 bits per heavy atom. The first-order valence-corrected chi connectivity index (χ1v) is 14.8. The van der Waals surface area contributed by atoms with Crippen LogP contribution in [0.4, 0.5) is 0 Å². The second-order valence-electron chi connectivity index (χ2n) is 9.70. The molecule has 40 heavy (non-hydrogen) atoms. The van der Waals surface area contributed by atoms with Gasteiger partial charge in [0.25, 0.3) is 21.8 Å². The zero-order valence-electron chi connectivity index (χ0n) is 22.9. The summed E-state index contributed by atoms with van der Waals surface area (Å²) in [6.07, 6.45) is 2.52. The van der Waals surface area contributed by atoms with Crippen LogP contribution in [-0.2, 0) is 16.4 Å². The van der Waals surface area contributed by atoms with Crippen molar-refractivity contribution in [1.82, 2.24) is 10.0 Å². The van der Waals surface area contributed by atoms with Crippen molar-refractivity contribution in [2.24, 2.45) is 5.92 Å². The van der Waals surface area contributed by atoms with Crippen LogP contribution >= 0.6 is 0 Å². The molecule has 0 spiro atoms. The molecule has 8 heteroatoms. The molecular formula is C32H34N2O5S. The van der Waals surface area contributed by atoms with E-state index in [0.717, 1.165) is 34.7 Å². The van der Waals surface area contributed by atoms with Gasteiger partial charge in [-0.3, -0.25) is 9.59 Å². The fourth-order valence-corrected chi connectivity index (χ4v) is 5.62. The highest BCUT2D eigenvalue weighted by molar-refractivity contribution is 7.90. The number of hydrogen-bond donors (Lipinski definition) is 2. The fourth-order valence-electron chi connectivity index (χ4n) is 4.63. The SMILES string of the molecule is CCC(CC)CNC(=O)c1ccc2cccc(Cc3ccc(C(=O)NS(=O)(=O)c4ccccc4)cc3OC)c2c1. The van der Waals surface area contributed by atoms with Crippen LogP contribution in [0.1, 0.15) is 58.5 Å². The summed E-state index contributed by atoms with van der Waals surface area (Å²) < 4.78 is 32.9. The van der Waals surface area contributed by atoms with Crippen LogP contribution in [0, 0.1) is 5.92 Å². The van der Waals surface area contributed by atoms with E-state index in [2.05, 4.69) is 23.9 Å². The van der Waals surface area contributed by atoms with Gasteiger partial charge in [0.05, 0.1) is 12.0 Å². The molecule has 208 valence electrons. The van der Waals surface area contributed by atoms with Gasteiger partial charge in [-0.15, -0.1) is 0 Å². The number of ether oxygens (including phenoxy) is 1. The molecule has 0 radical (unpaired) electrons. The van der Waals surface area contributed by atoms with Gasteiger partial charge in [-0.1, -0.05) is 75.2 Å². The maximum atomic E-state index is 12.9. The zero-order valence-corrected chi connectivity index (χ0v) is 23.8. The van der Waals surface area contributed by atoms with Gasteiger partial charge in [-0.25, -0.2) is 13.1 Å². The number of carbonyl (C=O) groups is 2. The first-order chi connectivity index (χ1) is 19.2. The van der Waals surface area contributed by atoms with Gasteiger partial charge >= 0.3 is 0 Å². The predicted molar refractivity (Wildman–Crippen MR) is 157 cm³/mol. The maximum Gasteiger partial charge on any atom is 0.265 e. The molecule has 4 rings (SSSR count). The first kappa shape index (κ1) is 28.8. The number of benzene rings is 4. The van der Waals surface area contributed by atoms with E-state index in [1.165, 1.54) is 25.3 Å². The van der Waals surface area contributed by atoms with Gasteiger partial charge in [0, 0.05) is 24.1 Å². The van der Waals surface area contributed by atoms with Gasteiger partial charge in [0.15, 0.2) is 0 Å². The summed E-state index contributed by atoms with van der Waals surface area (Å²) in [7, 11) is -2.50. The minimum absolute atomic E-state index is 0.00601. The van der Waals surface area contributed by atoms with Crippen LogP contribution in [0.3, 0.4) is 0 Å². The molecule has 0 atom stereocenters. The Balaban J connectivity index is 1.57. The number of carbonyl (C=O) groups excluding carboxylic acids is 2. The summed E-state index contributed by atoms with van der Waals surface area (Å²) in [4.78, 5) is 25.7. The third-order valence-corrected chi connectivity index (χ3v) is 8.50. The van der Waals surface area contributed by atoms with Crippen LogP contribution in [0.5, 0.6) is 5.75 Å². The number of sulfonamides is 1. The number of fused-ring (bicyclic) bond motifs is 1. The summed E-state index contributed by atoms with van der Waals surface area (Å²) in [5, 5.41) is 5.02. The van der Waals surface area contributed by atoms with Crippen LogP contribution in [0.15, 0.2) is 89.8 Å². The molecule has 0 aromatic heterocycles. The van der Waals surface area contributed by atoms with E-state index in [1.807, 2.05) is 36.4 Å². The van der Waals surface area contributed by atoms with Crippen molar-refractivity contribution < 1.29 is 22.7 Å². The minimum atomic E-state index is -4.01. The molecule has 0 aliphatic heterocycles. The molecule has 0 aliphatic rings. The predicted octanol–water partition coefficient (Wildman–Crippen LogP) is 5.72. The van der Waals surface area contributed by atoms with Crippen molar-refractivity contribution in [3.05, 3.63) is 107 Å². The van der Waals surface area contributed by atoms with E-state index < -0.39 is 15.9 Å². The molecule has 7 nitrogen and oxygen atoms in total. The average Bonchev–Trinajstić information content (AvgIpc) is 2.98. The maximum absolute atomic E-state index is 12.9. The van der Waals surface area contributed by atoms with Crippen LogP contribution in [0.25, 0.3) is 10.8 Å². The van der Waals surface area contributed by atoms with Crippen LogP contribution in [-0.4, -0.2) is 33.9 Å². The summed E-state index contributed by atoms with van der Waals surface area (Å²) in [5.41, 5.74) is 2.58. The highest BCUT2D eigenvalue weighted by Gasteiger charge is 2.20. The summed E-state index contributed by atoms with van der Waals surface area (Å²) in [6.45, 7) is 4.90. The Morgan fingerprint density at radius 3 is 2.20 bits per heavy atom. The lowest BCUT2D eigenvalue weighted by atomic mass is 9.95. The fraction of sp³-hybridized carbons (Fsp3) is 0.250. The molecule has 0 fully saturated rings. The molecule has 2 N–H and O–H groups in total. The highest BCUT2D eigenvalue weighted by atomic mass is 32.2. The lowest BCUT2D eigenvalue weighted by molar-refractivity contribution is 0.0944. The molecule has 4 aromatic carbocycles. The molecule has 4 aromatic rings. The molecule has 0 aliphatic carbocycles. The molecule has 2 amide bonds. The summed E-state index contributed by atoms with van der Waals surface area (Å²) >= 11 is 0. The topological polar surface area (TPSA) is 102 Å². The zero-order chi connectivity index (χ0) is 28.7. The van der Waals surface area contributed by atoms with Crippen molar-refractivity contribution in [3.63, 3.8) is 0 Å². The Labute approximate surface area is 235 Å². The lowest BCUT2D eigenvalue weighted by Gasteiger charge is -2.15. The quantitative estimate of drug-likeness (QED) is 0.245. The number of rotatable bonds is 11. The normalized spacial score (nSPS) is 11.4. The minimum Gasteiger partial charge on any atom is -0.496 e. The van der Waals surface area contributed by atoms with E-state index in [0.29, 0.717) is 30.2 Å².